The Balaban J connectivity index is 0.000000564. The monoisotopic (exact) mass is 513 g/mol. The van der Waals surface area contributed by atoms with Crippen LogP contribution in [0.3, 0.4) is 0 Å². The van der Waals surface area contributed by atoms with Crippen LogP contribution < -0.4 is 17.0 Å². The lowest BCUT2D eigenvalue weighted by molar-refractivity contribution is -0.132. The number of carboxylic acids is 1. The minimum absolute atomic E-state index is 0.0469. The molecule has 2 rings (SSSR count). The molecule has 1 aliphatic carbocycles. The summed E-state index contributed by atoms with van der Waals surface area (Å²) in [5.41, 5.74) is 15.5. The van der Waals surface area contributed by atoms with Gasteiger partial charge in [0.15, 0.2) is 0 Å². The van der Waals surface area contributed by atoms with Gasteiger partial charge < -0.3 is 27.0 Å². The molecule has 0 radical (unpaired) electrons. The predicted octanol–water partition coefficient (Wildman–Crippen LogP) is 5.30. The number of H-pyrrole nitrogens is 1. The molecule has 1 aromatic heterocycles. The first kappa shape index (κ1) is 33.9. The average molecular weight is 514 g/mol. The number of allylic oxidation sites excluding steroid dienone is 6. The molecule has 0 spiro atoms. The Kier molecular flexibility index (Phi) is 15.2. The van der Waals surface area contributed by atoms with Crippen LogP contribution in [0.4, 0.5) is 0 Å². The zero-order chi connectivity index (χ0) is 28.8. The molecule has 7 N–H and O–H groups in total. The summed E-state index contributed by atoms with van der Waals surface area (Å²) >= 11 is 0. The lowest BCUT2D eigenvalue weighted by Gasteiger charge is -2.40. The van der Waals surface area contributed by atoms with Gasteiger partial charge in [0, 0.05) is 29.1 Å². The van der Waals surface area contributed by atoms with E-state index in [4.69, 9.17) is 22.0 Å². The molecule has 1 heterocycles. The minimum Gasteiger partial charge on any atom is -0.478 e. The van der Waals surface area contributed by atoms with Crippen molar-refractivity contribution in [2.45, 2.75) is 87.1 Å². The summed E-state index contributed by atoms with van der Waals surface area (Å²) < 4.78 is 0. The molecule has 1 atom stereocenters. The molecule has 8 heteroatoms. The smallest absolute Gasteiger partial charge is 0.337 e. The lowest BCUT2D eigenvalue weighted by atomic mass is 9.67. The van der Waals surface area contributed by atoms with Gasteiger partial charge in [0.25, 0.3) is 5.56 Å². The summed E-state index contributed by atoms with van der Waals surface area (Å²) in [6, 6.07) is 1.28. The van der Waals surface area contributed by atoms with Crippen LogP contribution >= 0.6 is 0 Å². The molecule has 0 aliphatic heterocycles. The number of nitrogens with zero attached hydrogens (tertiary/aromatic N) is 1. The number of aromatic amines is 1. The van der Waals surface area contributed by atoms with Gasteiger partial charge in [-0.15, -0.1) is 0 Å². The molecule has 0 aromatic carbocycles. The van der Waals surface area contributed by atoms with Gasteiger partial charge in [0.1, 0.15) is 5.82 Å². The maximum atomic E-state index is 11.4. The summed E-state index contributed by atoms with van der Waals surface area (Å²) in [6.45, 7) is 15.8. The van der Waals surface area contributed by atoms with Crippen molar-refractivity contribution >= 4 is 17.3 Å². The summed E-state index contributed by atoms with van der Waals surface area (Å²) in [7, 11) is 0. The van der Waals surface area contributed by atoms with Gasteiger partial charge in [-0.1, -0.05) is 42.7 Å². The van der Waals surface area contributed by atoms with Gasteiger partial charge in [-0.2, -0.15) is 0 Å². The van der Waals surface area contributed by atoms with Crippen LogP contribution in [0.1, 0.15) is 85.7 Å². The fourth-order valence-electron chi connectivity index (χ4n) is 3.48. The van der Waals surface area contributed by atoms with Crippen molar-refractivity contribution in [3.8, 4) is 0 Å². The van der Waals surface area contributed by atoms with Crippen LogP contribution in [0, 0.1) is 17.7 Å². The van der Waals surface area contributed by atoms with Crippen molar-refractivity contribution < 1.29 is 9.90 Å². The van der Waals surface area contributed by atoms with Crippen LogP contribution in [0.5, 0.6) is 0 Å². The molecular formula is C29H47N5O3. The van der Waals surface area contributed by atoms with Crippen molar-refractivity contribution in [3.63, 3.8) is 0 Å². The number of hydrogen-bond donors (Lipinski definition) is 5. The van der Waals surface area contributed by atoms with E-state index in [0.29, 0.717) is 16.9 Å². The van der Waals surface area contributed by atoms with Crippen LogP contribution in [-0.4, -0.2) is 39.3 Å². The van der Waals surface area contributed by atoms with E-state index in [-0.39, 0.29) is 22.9 Å². The molecule has 0 saturated heterocycles. The Morgan fingerprint density at radius 3 is 2.05 bits per heavy atom. The summed E-state index contributed by atoms with van der Waals surface area (Å²) in [6.07, 6.45) is 12.7. The third-order valence-corrected chi connectivity index (χ3v) is 6.53. The number of carbonyl (C=O) groups is 1. The maximum absolute atomic E-state index is 11.4. The largest absolute Gasteiger partial charge is 0.478 e. The maximum Gasteiger partial charge on any atom is 0.337 e. The molecule has 1 aliphatic rings. The zero-order valence-corrected chi connectivity index (χ0v) is 23.9. The number of aromatic nitrogens is 2. The van der Waals surface area contributed by atoms with Crippen LogP contribution in [-0.2, 0) is 4.79 Å². The minimum atomic E-state index is -1.05. The Labute approximate surface area is 222 Å². The van der Waals surface area contributed by atoms with Gasteiger partial charge >= 0.3 is 5.97 Å². The molecule has 8 nitrogen and oxygen atoms in total. The Morgan fingerprint density at radius 1 is 1.22 bits per heavy atom. The molecule has 1 aromatic rings. The van der Waals surface area contributed by atoms with Crippen molar-refractivity contribution in [2.24, 2.45) is 16.9 Å². The van der Waals surface area contributed by atoms with Gasteiger partial charge in [0.05, 0.1) is 5.57 Å². The first-order valence-electron chi connectivity index (χ1n) is 12.8. The summed E-state index contributed by atoms with van der Waals surface area (Å²) in [5, 5.41) is 15.8. The highest BCUT2D eigenvalue weighted by atomic mass is 16.4. The predicted molar refractivity (Wildman–Crippen MR) is 155 cm³/mol. The van der Waals surface area contributed by atoms with Crippen molar-refractivity contribution in [1.29, 1.82) is 5.41 Å². The lowest BCUT2D eigenvalue weighted by Crippen LogP contribution is -2.36. The summed E-state index contributed by atoms with van der Waals surface area (Å²) in [5.74, 6) is -0.505. The Bertz CT molecular complexity index is 1060. The molecule has 37 heavy (non-hydrogen) atoms. The number of carboxylic acid groups (broad SMARTS) is 1. The third kappa shape index (κ3) is 12.1. The molecular weight excluding hydrogens is 466 g/mol. The molecule has 1 saturated carbocycles. The van der Waals surface area contributed by atoms with Crippen molar-refractivity contribution in [2.75, 3.05) is 6.54 Å². The summed E-state index contributed by atoms with van der Waals surface area (Å²) in [4.78, 5) is 29.0. The number of nitrogens with two attached hydrogens (primary N) is 2. The number of aliphatic carboxylic acids is 1. The molecule has 1 unspecified atom stereocenters. The number of aryl methyl sites for hydroxylation is 1. The highest BCUT2D eigenvalue weighted by Crippen LogP contribution is 2.42. The molecule has 0 amide bonds. The number of hydrogen-bond acceptors (Lipinski definition) is 6. The van der Waals surface area contributed by atoms with Gasteiger partial charge in [-0.05, 0) is 85.8 Å². The van der Waals surface area contributed by atoms with Crippen LogP contribution in [0.25, 0.3) is 5.57 Å². The fourth-order valence-corrected chi connectivity index (χ4v) is 3.48. The Morgan fingerprint density at radius 2 is 1.76 bits per heavy atom. The van der Waals surface area contributed by atoms with E-state index >= 15 is 0 Å². The quantitative estimate of drug-likeness (QED) is 0.180. The highest BCUT2D eigenvalue weighted by Gasteiger charge is 2.32. The standard InChI is InChI=1S/C13H19N3O.C9H13NO2.C7H15N/c1-5-8(2)6-11(10(4)14)13-15-9(3)7-12(17)16-13;1-4-6(2)5-8(7(3)10)9(11)12;1-2-7(6-8)4-3-5-7/h5-7,10H,14H2,1-4H3,(H,15,16,17);4-5,10H,1-3H3,(H,11,12);2-6,8H2,1H3/b8-5-,11-6-;6-4-,8-5+,10-7?;. The number of nitrogens with one attached hydrogen (secondary N) is 2. The second-order valence-corrected chi connectivity index (χ2v) is 9.59. The third-order valence-electron chi connectivity index (χ3n) is 6.53. The molecule has 0 bridgehead atoms. The van der Waals surface area contributed by atoms with Crippen molar-refractivity contribution in [3.05, 3.63) is 69.0 Å². The number of rotatable bonds is 8. The van der Waals surface area contributed by atoms with E-state index in [0.717, 1.165) is 23.3 Å². The molecule has 206 valence electrons. The van der Waals surface area contributed by atoms with E-state index in [1.54, 1.807) is 19.9 Å². The second kappa shape index (κ2) is 16.6. The van der Waals surface area contributed by atoms with Gasteiger partial charge in [-0.25, -0.2) is 9.78 Å². The second-order valence-electron chi connectivity index (χ2n) is 9.59. The average Bonchev–Trinajstić information content (AvgIpc) is 2.80. The van der Waals surface area contributed by atoms with E-state index in [1.807, 2.05) is 39.8 Å². The Hall–Kier alpha value is -3.10. The SMILES string of the molecule is C/C=C(C)\C=C(/C(C)=N)C(=O)O.C/C=C(C)\C=C(/c1nc(C)cc(=O)[nH]1)C(C)N.CCC1(CN)CCC1. The van der Waals surface area contributed by atoms with Crippen LogP contribution in [0.15, 0.2) is 51.9 Å². The zero-order valence-electron chi connectivity index (χ0n) is 23.9. The van der Waals surface area contributed by atoms with E-state index < -0.39 is 5.97 Å². The van der Waals surface area contributed by atoms with Gasteiger partial charge in [-0.3, -0.25) is 4.79 Å². The highest BCUT2D eigenvalue weighted by molar-refractivity contribution is 6.17. The van der Waals surface area contributed by atoms with E-state index in [2.05, 4.69) is 16.9 Å². The first-order valence-corrected chi connectivity index (χ1v) is 12.8. The van der Waals surface area contributed by atoms with Gasteiger partial charge in [0.2, 0.25) is 0 Å². The van der Waals surface area contributed by atoms with Crippen molar-refractivity contribution in [1.82, 2.24) is 9.97 Å². The van der Waals surface area contributed by atoms with Crippen LogP contribution in [0.2, 0.25) is 0 Å². The fraction of sp³-hybridized carbons (Fsp3) is 0.517. The normalized spacial score (nSPS) is 16.4. The molecule has 1 fully saturated rings. The topological polar surface area (TPSA) is 159 Å². The van der Waals surface area contributed by atoms with E-state index in [9.17, 15) is 9.59 Å². The first-order chi connectivity index (χ1) is 17.2. The van der Waals surface area contributed by atoms with E-state index in [1.165, 1.54) is 44.7 Å².